The Morgan fingerprint density at radius 1 is 1.19 bits per heavy atom. The molecule has 1 aliphatic rings. The zero-order valence-corrected chi connectivity index (χ0v) is 14.5. The van der Waals surface area contributed by atoms with Gasteiger partial charge in [-0.15, -0.1) is 0 Å². The number of fused-ring (bicyclic) bond motifs is 1. The number of carbonyl (C=O) groups excluding carboxylic acids is 1. The van der Waals surface area contributed by atoms with Crippen LogP contribution in [-0.2, 0) is 6.54 Å². The monoisotopic (exact) mass is 357 g/mol. The summed E-state index contributed by atoms with van der Waals surface area (Å²) in [7, 11) is 3.85. The molecule has 3 rings (SSSR count). The molecule has 0 aromatic heterocycles. The number of benzene rings is 2. The predicted molar refractivity (Wildman–Crippen MR) is 96.0 cm³/mol. The number of hydrogen-bond donors (Lipinski definition) is 1. The van der Waals surface area contributed by atoms with Crippen molar-refractivity contribution >= 4 is 17.3 Å². The lowest BCUT2D eigenvalue weighted by atomic mass is 10.1. The third-order valence-corrected chi connectivity index (χ3v) is 3.98. The van der Waals surface area contributed by atoms with Crippen molar-refractivity contribution in [2.45, 2.75) is 6.54 Å². The van der Waals surface area contributed by atoms with Gasteiger partial charge in [-0.25, -0.2) is 0 Å². The molecule has 0 atom stereocenters. The van der Waals surface area contributed by atoms with Crippen molar-refractivity contribution in [3.8, 4) is 11.5 Å². The third-order valence-electron chi connectivity index (χ3n) is 3.98. The molecular formula is C18H19N3O5. The molecule has 1 heterocycles. The van der Waals surface area contributed by atoms with Crippen LogP contribution in [0.3, 0.4) is 0 Å². The molecule has 2 aromatic rings. The molecule has 2 aromatic carbocycles. The maximum Gasteiger partial charge on any atom is 0.286 e. The Bertz CT molecular complexity index is 851. The summed E-state index contributed by atoms with van der Waals surface area (Å²) >= 11 is 0. The highest BCUT2D eigenvalue weighted by Gasteiger charge is 2.26. The lowest BCUT2D eigenvalue weighted by Gasteiger charge is -2.19. The van der Waals surface area contributed by atoms with E-state index in [2.05, 4.69) is 5.32 Å². The van der Waals surface area contributed by atoms with Crippen molar-refractivity contribution in [3.63, 3.8) is 0 Å². The van der Waals surface area contributed by atoms with E-state index in [1.54, 1.807) is 0 Å². The molecule has 1 amide bonds. The van der Waals surface area contributed by atoms with Gasteiger partial charge in [0.25, 0.3) is 11.6 Å². The quantitative estimate of drug-likeness (QED) is 0.652. The van der Waals surface area contributed by atoms with Crippen molar-refractivity contribution in [2.24, 2.45) is 0 Å². The number of nitrogens with zero attached hydrogens (tertiary/aromatic N) is 2. The largest absolute Gasteiger partial charge is 0.486 e. The van der Waals surface area contributed by atoms with E-state index in [0.29, 0.717) is 19.0 Å². The second kappa shape index (κ2) is 7.30. The van der Waals surface area contributed by atoms with E-state index in [1.165, 1.54) is 12.1 Å². The van der Waals surface area contributed by atoms with Crippen LogP contribution in [0, 0.1) is 10.1 Å². The molecule has 0 bridgehead atoms. The summed E-state index contributed by atoms with van der Waals surface area (Å²) in [5.41, 5.74) is 1.53. The average Bonchev–Trinajstić information content (AvgIpc) is 2.65. The Morgan fingerprint density at radius 2 is 1.88 bits per heavy atom. The van der Waals surface area contributed by atoms with E-state index in [9.17, 15) is 14.9 Å². The van der Waals surface area contributed by atoms with Crippen LogP contribution in [0.5, 0.6) is 11.5 Å². The van der Waals surface area contributed by atoms with Gasteiger partial charge in [-0.3, -0.25) is 14.9 Å². The molecule has 1 N–H and O–H groups in total. The molecule has 0 saturated heterocycles. The van der Waals surface area contributed by atoms with E-state index in [4.69, 9.17) is 9.47 Å². The third kappa shape index (κ3) is 3.69. The molecule has 26 heavy (non-hydrogen) atoms. The zero-order chi connectivity index (χ0) is 18.7. The van der Waals surface area contributed by atoms with Crippen LogP contribution in [0.1, 0.15) is 15.9 Å². The summed E-state index contributed by atoms with van der Waals surface area (Å²) in [5.74, 6) is 0.0729. The molecule has 8 heteroatoms. The van der Waals surface area contributed by atoms with Crippen molar-refractivity contribution in [1.29, 1.82) is 0 Å². The van der Waals surface area contributed by atoms with Gasteiger partial charge in [0.05, 0.1) is 11.0 Å². The van der Waals surface area contributed by atoms with Gasteiger partial charge in [0.1, 0.15) is 18.8 Å². The number of nitrogens with one attached hydrogen (secondary N) is 1. The fraction of sp³-hybridized carbons (Fsp3) is 0.278. The van der Waals surface area contributed by atoms with Gasteiger partial charge in [0.15, 0.2) is 11.5 Å². The second-order valence-electron chi connectivity index (χ2n) is 6.02. The maximum atomic E-state index is 12.5. The van der Waals surface area contributed by atoms with Gasteiger partial charge in [-0.05, 0) is 17.7 Å². The maximum absolute atomic E-state index is 12.5. The van der Waals surface area contributed by atoms with Crippen LogP contribution in [0.15, 0.2) is 36.4 Å². The number of hydrogen-bond acceptors (Lipinski definition) is 6. The highest BCUT2D eigenvalue weighted by molar-refractivity contribution is 5.99. The van der Waals surface area contributed by atoms with E-state index in [1.807, 2.05) is 43.3 Å². The van der Waals surface area contributed by atoms with E-state index in [-0.39, 0.29) is 23.5 Å². The van der Waals surface area contributed by atoms with Crippen LogP contribution in [-0.4, -0.2) is 38.1 Å². The summed E-state index contributed by atoms with van der Waals surface area (Å²) in [5, 5.41) is 14.1. The number of anilines is 1. The highest BCUT2D eigenvalue weighted by atomic mass is 16.6. The molecule has 0 saturated carbocycles. The lowest BCUT2D eigenvalue weighted by Crippen LogP contribution is -2.24. The Kier molecular flexibility index (Phi) is 4.92. The Balaban J connectivity index is 1.81. The fourth-order valence-corrected chi connectivity index (χ4v) is 2.63. The first-order valence-electron chi connectivity index (χ1n) is 8.08. The molecule has 0 radical (unpaired) electrons. The minimum Gasteiger partial charge on any atom is -0.486 e. The van der Waals surface area contributed by atoms with Crippen molar-refractivity contribution in [2.75, 3.05) is 32.2 Å². The van der Waals surface area contributed by atoms with Crippen LogP contribution in [0.2, 0.25) is 0 Å². The minimum atomic E-state index is -0.597. The average molecular weight is 357 g/mol. The summed E-state index contributed by atoms with van der Waals surface area (Å²) in [6.45, 7) is 0.910. The van der Waals surface area contributed by atoms with Gasteiger partial charge in [0, 0.05) is 32.4 Å². The van der Waals surface area contributed by atoms with Crippen LogP contribution < -0.4 is 19.7 Å². The van der Waals surface area contributed by atoms with Crippen molar-refractivity contribution in [3.05, 3.63) is 57.6 Å². The molecule has 0 aliphatic carbocycles. The normalized spacial score (nSPS) is 12.4. The molecule has 0 fully saturated rings. The topological polar surface area (TPSA) is 93.9 Å². The second-order valence-corrected chi connectivity index (χ2v) is 6.02. The summed E-state index contributed by atoms with van der Waals surface area (Å²) in [6.07, 6.45) is 0. The Morgan fingerprint density at radius 3 is 2.54 bits per heavy atom. The van der Waals surface area contributed by atoms with Crippen molar-refractivity contribution in [1.82, 2.24) is 5.32 Å². The fourth-order valence-electron chi connectivity index (χ4n) is 2.63. The first-order chi connectivity index (χ1) is 12.5. The molecule has 1 aliphatic heterocycles. The molecule has 0 spiro atoms. The summed E-state index contributed by atoms with van der Waals surface area (Å²) in [4.78, 5) is 25.2. The van der Waals surface area contributed by atoms with Gasteiger partial charge in [0.2, 0.25) is 0 Å². The number of nitro benzene ring substituents is 1. The van der Waals surface area contributed by atoms with Crippen molar-refractivity contribution < 1.29 is 19.2 Å². The number of amides is 1. The Labute approximate surface area is 150 Å². The van der Waals surface area contributed by atoms with Crippen LogP contribution >= 0.6 is 0 Å². The Hall–Kier alpha value is -3.29. The standard InChI is InChI=1S/C18H19N3O5/c1-20(2)13-5-3-4-12(8-13)11-19-18(22)14-9-16-17(26-7-6-25-16)10-15(14)21(23)24/h3-5,8-10H,6-7,11H2,1-2H3,(H,19,22). The summed E-state index contributed by atoms with van der Waals surface area (Å²) < 4.78 is 10.8. The first kappa shape index (κ1) is 17.5. The molecule has 136 valence electrons. The smallest absolute Gasteiger partial charge is 0.286 e. The zero-order valence-electron chi connectivity index (χ0n) is 14.5. The number of nitro groups is 1. The van der Waals surface area contributed by atoms with E-state index in [0.717, 1.165) is 11.3 Å². The lowest BCUT2D eigenvalue weighted by molar-refractivity contribution is -0.385. The van der Waals surface area contributed by atoms with Gasteiger partial charge >= 0.3 is 0 Å². The van der Waals surface area contributed by atoms with Gasteiger partial charge in [-0.1, -0.05) is 12.1 Å². The van der Waals surface area contributed by atoms with E-state index < -0.39 is 10.8 Å². The van der Waals surface area contributed by atoms with Gasteiger partial charge in [-0.2, -0.15) is 0 Å². The summed E-state index contributed by atoms with van der Waals surface area (Å²) in [6, 6.07) is 10.3. The van der Waals surface area contributed by atoms with Crippen LogP contribution in [0.25, 0.3) is 0 Å². The van der Waals surface area contributed by atoms with E-state index >= 15 is 0 Å². The molecule has 0 unspecified atom stereocenters. The number of carbonyl (C=O) groups is 1. The predicted octanol–water partition coefficient (Wildman–Crippen LogP) is 2.36. The minimum absolute atomic E-state index is 0.0528. The highest BCUT2D eigenvalue weighted by Crippen LogP contribution is 2.36. The number of ether oxygens (including phenoxy) is 2. The SMILES string of the molecule is CN(C)c1cccc(CNC(=O)c2cc3c(cc2[N+](=O)[O-])OCCO3)c1. The number of rotatable bonds is 5. The first-order valence-corrected chi connectivity index (χ1v) is 8.08. The van der Waals surface area contributed by atoms with Crippen LogP contribution in [0.4, 0.5) is 11.4 Å². The molecule has 8 nitrogen and oxygen atoms in total. The molecular weight excluding hydrogens is 338 g/mol. The van der Waals surface area contributed by atoms with Gasteiger partial charge < -0.3 is 19.7 Å².